The zero-order valence-corrected chi connectivity index (χ0v) is 19.7. The monoisotopic (exact) mass is 499 g/mol. The van der Waals surface area contributed by atoms with Crippen molar-refractivity contribution in [1.29, 1.82) is 0 Å². The van der Waals surface area contributed by atoms with Crippen LogP contribution in [0, 0.1) is 0 Å². The minimum absolute atomic E-state index is 0.00111. The van der Waals surface area contributed by atoms with Crippen molar-refractivity contribution in [1.82, 2.24) is 14.5 Å². The van der Waals surface area contributed by atoms with Gasteiger partial charge in [-0.25, -0.2) is 22.0 Å². The summed E-state index contributed by atoms with van der Waals surface area (Å²) in [7, 11) is -1.02. The van der Waals surface area contributed by atoms with Crippen molar-refractivity contribution in [2.24, 2.45) is 0 Å². The van der Waals surface area contributed by atoms with E-state index in [4.69, 9.17) is 14.2 Å². The predicted molar refractivity (Wildman–Crippen MR) is 120 cm³/mol. The highest BCUT2D eigenvalue weighted by Gasteiger charge is 2.32. The van der Waals surface area contributed by atoms with Crippen molar-refractivity contribution in [3.8, 4) is 17.2 Å². The van der Waals surface area contributed by atoms with Crippen molar-refractivity contribution in [3.63, 3.8) is 0 Å². The minimum Gasteiger partial charge on any atom is -0.497 e. The lowest BCUT2D eigenvalue weighted by Crippen LogP contribution is -2.53. The van der Waals surface area contributed by atoms with E-state index in [0.717, 1.165) is 0 Å². The first-order valence-corrected chi connectivity index (χ1v) is 11.9. The average molecular weight is 500 g/mol. The van der Waals surface area contributed by atoms with E-state index in [2.05, 4.69) is 5.32 Å². The number of sulfonamides is 1. The SMILES string of the molecule is COc1ccc(OC)c(S(=O)(=O)N2CCN(C(=O)NCc3cccc(OCC(F)F)c3)CC2)c1. The van der Waals surface area contributed by atoms with Crippen molar-refractivity contribution >= 4 is 16.1 Å². The van der Waals surface area contributed by atoms with Crippen LogP contribution in [0.15, 0.2) is 47.4 Å². The Morgan fingerprint density at radius 2 is 1.76 bits per heavy atom. The van der Waals surface area contributed by atoms with Gasteiger partial charge in [0.2, 0.25) is 10.0 Å². The molecule has 0 aliphatic carbocycles. The van der Waals surface area contributed by atoms with Crippen molar-refractivity contribution in [2.75, 3.05) is 47.0 Å². The van der Waals surface area contributed by atoms with E-state index < -0.39 is 23.1 Å². The molecule has 2 aromatic carbocycles. The van der Waals surface area contributed by atoms with E-state index in [1.165, 1.54) is 35.6 Å². The number of halogens is 2. The van der Waals surface area contributed by atoms with Crippen molar-refractivity contribution in [2.45, 2.75) is 17.9 Å². The molecule has 3 rings (SSSR count). The summed E-state index contributed by atoms with van der Waals surface area (Å²) in [5, 5.41) is 2.76. The lowest BCUT2D eigenvalue weighted by atomic mass is 10.2. The molecule has 1 N–H and O–H groups in total. The molecule has 0 radical (unpaired) electrons. The molecule has 0 aromatic heterocycles. The van der Waals surface area contributed by atoms with Crippen LogP contribution in [0.3, 0.4) is 0 Å². The van der Waals surface area contributed by atoms with Crippen LogP contribution in [0.5, 0.6) is 17.2 Å². The Balaban J connectivity index is 1.57. The number of rotatable bonds is 9. The molecule has 2 aromatic rings. The van der Waals surface area contributed by atoms with Crippen LogP contribution in [-0.4, -0.2) is 77.1 Å². The first-order valence-electron chi connectivity index (χ1n) is 10.5. The maximum absolute atomic E-state index is 13.2. The summed E-state index contributed by atoms with van der Waals surface area (Å²) < 4.78 is 67.6. The fraction of sp³-hybridized carbons (Fsp3) is 0.409. The highest BCUT2D eigenvalue weighted by atomic mass is 32.2. The normalized spacial score (nSPS) is 14.7. The summed E-state index contributed by atoms with van der Waals surface area (Å²) in [4.78, 5) is 14.1. The molecule has 9 nitrogen and oxygen atoms in total. The summed E-state index contributed by atoms with van der Waals surface area (Å²) in [6.45, 7) is 0.110. The topological polar surface area (TPSA) is 97.4 Å². The number of hydrogen-bond donors (Lipinski definition) is 1. The number of alkyl halides is 2. The zero-order chi connectivity index (χ0) is 24.7. The lowest BCUT2D eigenvalue weighted by molar-refractivity contribution is 0.0818. The van der Waals surface area contributed by atoms with Gasteiger partial charge < -0.3 is 24.4 Å². The summed E-state index contributed by atoms with van der Waals surface area (Å²) in [5.41, 5.74) is 0.687. The number of ether oxygens (including phenoxy) is 3. The quantitative estimate of drug-likeness (QED) is 0.570. The molecular formula is C22H27F2N3O6S. The van der Waals surface area contributed by atoms with Gasteiger partial charge in [-0.15, -0.1) is 0 Å². The fourth-order valence-electron chi connectivity index (χ4n) is 3.45. The largest absolute Gasteiger partial charge is 0.497 e. The van der Waals surface area contributed by atoms with Gasteiger partial charge >= 0.3 is 6.03 Å². The third kappa shape index (κ3) is 6.26. The van der Waals surface area contributed by atoms with Crippen molar-refractivity contribution < 1.29 is 36.2 Å². The predicted octanol–water partition coefficient (Wildman–Crippen LogP) is 2.56. The van der Waals surface area contributed by atoms with Crippen LogP contribution < -0.4 is 19.5 Å². The number of methoxy groups -OCH3 is 2. The number of carbonyl (C=O) groups is 1. The number of urea groups is 1. The van der Waals surface area contributed by atoms with E-state index >= 15 is 0 Å². The van der Waals surface area contributed by atoms with E-state index in [0.29, 0.717) is 17.1 Å². The number of hydrogen-bond acceptors (Lipinski definition) is 6. The van der Waals surface area contributed by atoms with Crippen LogP contribution in [-0.2, 0) is 16.6 Å². The van der Waals surface area contributed by atoms with Gasteiger partial charge in [-0.05, 0) is 29.8 Å². The number of piperazine rings is 1. The number of amides is 2. The molecule has 0 unspecified atom stereocenters. The van der Waals surface area contributed by atoms with Crippen LogP contribution in [0.2, 0.25) is 0 Å². The third-order valence-corrected chi connectivity index (χ3v) is 7.15. The molecule has 1 saturated heterocycles. The number of carbonyl (C=O) groups excluding carboxylic acids is 1. The van der Waals surface area contributed by atoms with Gasteiger partial charge in [0.15, 0.2) is 0 Å². The Kier molecular flexibility index (Phi) is 8.51. The highest BCUT2D eigenvalue weighted by molar-refractivity contribution is 7.89. The molecule has 1 aliphatic heterocycles. The highest BCUT2D eigenvalue weighted by Crippen LogP contribution is 2.31. The second kappa shape index (κ2) is 11.3. The van der Waals surface area contributed by atoms with Gasteiger partial charge in [-0.2, -0.15) is 4.31 Å². The van der Waals surface area contributed by atoms with Crippen LogP contribution in [0.4, 0.5) is 13.6 Å². The van der Waals surface area contributed by atoms with Crippen LogP contribution in [0.1, 0.15) is 5.56 Å². The summed E-state index contributed by atoms with van der Waals surface area (Å²) in [5.74, 6) is 0.889. The number of nitrogens with zero attached hydrogens (tertiary/aromatic N) is 2. The standard InChI is InChI=1S/C22H27F2N3O6S/c1-31-17-6-7-19(32-2)20(13-17)34(29,30)27-10-8-26(9-11-27)22(28)25-14-16-4-3-5-18(12-16)33-15-21(23)24/h3-7,12-13,21H,8-11,14-15H2,1-2H3,(H,25,28). The molecule has 0 spiro atoms. The molecule has 2 amide bonds. The number of benzene rings is 2. The van der Waals surface area contributed by atoms with Gasteiger partial charge in [0.25, 0.3) is 6.43 Å². The Bertz CT molecular complexity index is 1090. The molecule has 34 heavy (non-hydrogen) atoms. The van der Waals surface area contributed by atoms with Crippen LogP contribution >= 0.6 is 0 Å². The molecule has 1 fully saturated rings. The molecule has 12 heteroatoms. The van der Waals surface area contributed by atoms with Crippen molar-refractivity contribution in [3.05, 3.63) is 48.0 Å². The van der Waals surface area contributed by atoms with E-state index in [1.807, 2.05) is 0 Å². The smallest absolute Gasteiger partial charge is 0.317 e. The Morgan fingerprint density at radius 1 is 1.03 bits per heavy atom. The van der Waals surface area contributed by atoms with Gasteiger partial charge in [0.1, 0.15) is 28.8 Å². The molecule has 186 valence electrons. The molecule has 0 saturated carbocycles. The second-order valence-electron chi connectivity index (χ2n) is 7.42. The van der Waals surface area contributed by atoms with Gasteiger partial charge in [0, 0.05) is 38.8 Å². The summed E-state index contributed by atoms with van der Waals surface area (Å²) in [6, 6.07) is 10.7. The second-order valence-corrected chi connectivity index (χ2v) is 9.32. The van der Waals surface area contributed by atoms with Crippen LogP contribution in [0.25, 0.3) is 0 Å². The van der Waals surface area contributed by atoms with E-state index in [9.17, 15) is 22.0 Å². The Hall–Kier alpha value is -3.12. The Morgan fingerprint density at radius 3 is 2.41 bits per heavy atom. The minimum atomic E-state index is -3.86. The number of nitrogens with one attached hydrogen (secondary N) is 1. The maximum Gasteiger partial charge on any atom is 0.317 e. The first-order chi connectivity index (χ1) is 16.2. The summed E-state index contributed by atoms with van der Waals surface area (Å²) in [6.07, 6.45) is -2.57. The van der Waals surface area contributed by atoms with E-state index in [1.54, 1.807) is 30.3 Å². The molecular weight excluding hydrogens is 472 g/mol. The fourth-order valence-corrected chi connectivity index (χ4v) is 5.04. The molecule has 0 atom stereocenters. The first kappa shape index (κ1) is 25.5. The van der Waals surface area contributed by atoms with E-state index in [-0.39, 0.29) is 49.4 Å². The molecule has 1 heterocycles. The Labute approximate surface area is 197 Å². The van der Waals surface area contributed by atoms with Gasteiger partial charge in [0.05, 0.1) is 14.2 Å². The summed E-state index contributed by atoms with van der Waals surface area (Å²) >= 11 is 0. The van der Waals surface area contributed by atoms with Gasteiger partial charge in [-0.1, -0.05) is 12.1 Å². The molecule has 0 bridgehead atoms. The van der Waals surface area contributed by atoms with Gasteiger partial charge in [-0.3, -0.25) is 0 Å². The zero-order valence-electron chi connectivity index (χ0n) is 18.9. The third-order valence-electron chi connectivity index (χ3n) is 5.23. The molecule has 1 aliphatic rings. The average Bonchev–Trinajstić information content (AvgIpc) is 2.85. The lowest BCUT2D eigenvalue weighted by Gasteiger charge is -2.34. The maximum atomic E-state index is 13.2.